The van der Waals surface area contributed by atoms with Gasteiger partial charge in [0.05, 0.1) is 5.69 Å². The maximum absolute atomic E-state index is 13.7. The molecule has 8 nitrogen and oxygen atoms in total. The van der Waals surface area contributed by atoms with Gasteiger partial charge in [-0.25, -0.2) is 19.3 Å². The van der Waals surface area contributed by atoms with Crippen LogP contribution in [-0.2, 0) is 17.4 Å². The van der Waals surface area contributed by atoms with Crippen LogP contribution in [0.2, 0.25) is 0 Å². The van der Waals surface area contributed by atoms with Crippen molar-refractivity contribution in [2.45, 2.75) is 65.0 Å². The van der Waals surface area contributed by atoms with Crippen LogP contribution in [0.4, 0.5) is 16.0 Å². The summed E-state index contributed by atoms with van der Waals surface area (Å²) in [7, 11) is 0. The molecule has 5 rings (SSSR count). The topological polar surface area (TPSA) is 89.7 Å². The average Bonchev–Trinajstić information content (AvgIpc) is 3.15. The minimum Gasteiger partial charge on any atom is -0.324 e. The Morgan fingerprint density at radius 1 is 1.19 bits per heavy atom. The number of nitrogens with zero attached hydrogens (tertiary/aromatic N) is 5. The Balaban J connectivity index is 1.61. The number of pyridine rings is 1. The average molecular weight is 504 g/mol. The van der Waals surface area contributed by atoms with Gasteiger partial charge in [-0.05, 0) is 76.1 Å². The fourth-order valence-corrected chi connectivity index (χ4v) is 4.95. The minimum atomic E-state index is -0.750. The molecule has 0 amide bonds. The Morgan fingerprint density at radius 3 is 2.70 bits per heavy atom. The summed E-state index contributed by atoms with van der Waals surface area (Å²) in [6.45, 7) is 12.2. The fraction of sp³-hybridized carbons (Fsp3) is 0.429. The molecular weight excluding hydrogens is 469 g/mol. The van der Waals surface area contributed by atoms with Crippen LogP contribution < -0.4 is 16.2 Å². The molecule has 0 bridgehead atoms. The zero-order valence-corrected chi connectivity index (χ0v) is 22.3. The number of hydrogen-bond acceptors (Lipinski definition) is 6. The molecule has 1 aliphatic heterocycles. The van der Waals surface area contributed by atoms with Crippen molar-refractivity contribution < 1.29 is 4.39 Å². The molecule has 4 heterocycles. The van der Waals surface area contributed by atoms with E-state index in [1.54, 1.807) is 15.6 Å². The van der Waals surface area contributed by atoms with Gasteiger partial charge in [-0.3, -0.25) is 9.18 Å². The van der Waals surface area contributed by atoms with Crippen LogP contribution in [0.5, 0.6) is 0 Å². The summed E-state index contributed by atoms with van der Waals surface area (Å²) in [4.78, 5) is 27.3. The molecule has 0 radical (unpaired) electrons. The summed E-state index contributed by atoms with van der Waals surface area (Å²) in [5, 5.41) is 7.27. The van der Waals surface area contributed by atoms with Crippen molar-refractivity contribution in [3.8, 4) is 5.82 Å². The van der Waals surface area contributed by atoms with Gasteiger partial charge in [-0.1, -0.05) is 26.0 Å². The second-order valence-electron chi connectivity index (χ2n) is 11.2. The summed E-state index contributed by atoms with van der Waals surface area (Å²) in [5.41, 5.74) is 3.49. The Bertz CT molecular complexity index is 1530. The van der Waals surface area contributed by atoms with E-state index < -0.39 is 12.1 Å². The maximum atomic E-state index is 13.7. The molecule has 9 heteroatoms. The molecular formula is C28H34FN7O. The largest absolute Gasteiger partial charge is 0.324 e. The number of fused-ring (bicyclic) bond motifs is 2. The van der Waals surface area contributed by atoms with E-state index in [1.165, 1.54) is 11.1 Å². The highest BCUT2D eigenvalue weighted by Crippen LogP contribution is 2.31. The van der Waals surface area contributed by atoms with Crippen LogP contribution in [0.3, 0.4) is 0 Å². The molecule has 4 aromatic rings. The lowest BCUT2D eigenvalue weighted by atomic mass is 9.85. The SMILES string of the molecule is CC(C)n1c(=O)c2cnc(Nc3ccc4c(c3)CCNC4(C)C)nc2n1-c1cccc(C(C)(C)CF)n1. The normalized spacial score (nSPS) is 15.2. The van der Waals surface area contributed by atoms with Crippen LogP contribution in [0.25, 0.3) is 16.9 Å². The zero-order chi connectivity index (χ0) is 26.5. The highest BCUT2D eigenvalue weighted by Gasteiger charge is 2.27. The number of anilines is 2. The quantitative estimate of drug-likeness (QED) is 0.388. The van der Waals surface area contributed by atoms with Gasteiger partial charge in [0.15, 0.2) is 11.5 Å². The van der Waals surface area contributed by atoms with Crippen LogP contribution in [-0.4, -0.2) is 37.5 Å². The van der Waals surface area contributed by atoms with Gasteiger partial charge in [0.2, 0.25) is 5.95 Å². The van der Waals surface area contributed by atoms with Crippen LogP contribution in [0.1, 0.15) is 64.4 Å². The lowest BCUT2D eigenvalue weighted by Crippen LogP contribution is -2.42. The number of halogens is 1. The standard InChI is InChI=1S/C28H34FN7O/c1-17(2)35-25(37)20-15-30-26(32-19-10-11-21-18(14-19)12-13-31-28(21,5)6)34-24(20)36(35)23-9-7-8-22(33-23)27(3,4)16-29/h7-11,14-15,17,31H,12-13,16H2,1-6H3,(H,30,32,34). The maximum Gasteiger partial charge on any atom is 0.278 e. The van der Waals surface area contributed by atoms with Gasteiger partial charge < -0.3 is 10.6 Å². The lowest BCUT2D eigenvalue weighted by Gasteiger charge is -2.34. The second kappa shape index (κ2) is 9.06. The van der Waals surface area contributed by atoms with Crippen molar-refractivity contribution in [1.29, 1.82) is 0 Å². The van der Waals surface area contributed by atoms with Crippen molar-refractivity contribution in [2.75, 3.05) is 18.5 Å². The van der Waals surface area contributed by atoms with E-state index in [9.17, 15) is 9.18 Å². The van der Waals surface area contributed by atoms with E-state index in [-0.39, 0.29) is 17.1 Å². The smallest absolute Gasteiger partial charge is 0.278 e. The van der Waals surface area contributed by atoms with E-state index in [2.05, 4.69) is 41.6 Å². The number of alkyl halides is 1. The monoisotopic (exact) mass is 503 g/mol. The van der Waals surface area contributed by atoms with Gasteiger partial charge in [-0.15, -0.1) is 0 Å². The number of nitrogens with one attached hydrogen (secondary N) is 2. The first-order valence-corrected chi connectivity index (χ1v) is 12.7. The molecule has 0 fully saturated rings. The number of hydrogen-bond donors (Lipinski definition) is 2. The summed E-state index contributed by atoms with van der Waals surface area (Å²) in [6, 6.07) is 11.6. The molecule has 0 spiro atoms. The zero-order valence-electron chi connectivity index (χ0n) is 22.3. The number of benzene rings is 1. The molecule has 0 unspecified atom stereocenters. The molecule has 0 aliphatic carbocycles. The first kappa shape index (κ1) is 25.1. The molecule has 1 aliphatic rings. The predicted octanol–water partition coefficient (Wildman–Crippen LogP) is 4.93. The molecule has 2 N–H and O–H groups in total. The van der Waals surface area contributed by atoms with E-state index >= 15 is 0 Å². The Morgan fingerprint density at radius 2 is 1.97 bits per heavy atom. The van der Waals surface area contributed by atoms with Crippen LogP contribution in [0.15, 0.2) is 47.4 Å². The third-order valence-electron chi connectivity index (χ3n) is 7.09. The van der Waals surface area contributed by atoms with Gasteiger partial charge >= 0.3 is 0 Å². The van der Waals surface area contributed by atoms with Crippen molar-refractivity contribution in [2.24, 2.45) is 0 Å². The van der Waals surface area contributed by atoms with E-state index in [1.807, 2.05) is 52.0 Å². The van der Waals surface area contributed by atoms with Crippen molar-refractivity contribution in [3.63, 3.8) is 0 Å². The fourth-order valence-electron chi connectivity index (χ4n) is 4.95. The first-order valence-electron chi connectivity index (χ1n) is 12.7. The van der Waals surface area contributed by atoms with Gasteiger partial charge in [0, 0.05) is 28.9 Å². The number of aromatic nitrogens is 5. The molecule has 0 saturated carbocycles. The third-order valence-corrected chi connectivity index (χ3v) is 7.09. The Hall–Kier alpha value is -3.59. The van der Waals surface area contributed by atoms with Crippen LogP contribution in [0, 0.1) is 0 Å². The molecule has 1 aromatic carbocycles. The molecule has 0 saturated heterocycles. The van der Waals surface area contributed by atoms with E-state index in [0.29, 0.717) is 28.5 Å². The second-order valence-corrected chi connectivity index (χ2v) is 11.2. The Kier molecular flexibility index (Phi) is 6.14. The van der Waals surface area contributed by atoms with E-state index in [0.717, 1.165) is 18.7 Å². The lowest BCUT2D eigenvalue weighted by molar-refractivity contribution is 0.343. The predicted molar refractivity (Wildman–Crippen MR) is 145 cm³/mol. The number of rotatable bonds is 6. The van der Waals surface area contributed by atoms with Crippen molar-refractivity contribution >= 4 is 22.7 Å². The Labute approximate surface area is 216 Å². The van der Waals surface area contributed by atoms with E-state index in [4.69, 9.17) is 9.97 Å². The summed E-state index contributed by atoms with van der Waals surface area (Å²) in [5.74, 6) is 0.892. The molecule has 37 heavy (non-hydrogen) atoms. The van der Waals surface area contributed by atoms with Crippen molar-refractivity contribution in [1.82, 2.24) is 29.6 Å². The molecule has 3 aromatic heterocycles. The summed E-state index contributed by atoms with van der Waals surface area (Å²) >= 11 is 0. The summed E-state index contributed by atoms with van der Waals surface area (Å²) < 4.78 is 17.1. The minimum absolute atomic E-state index is 0.0738. The highest BCUT2D eigenvalue weighted by atomic mass is 19.1. The van der Waals surface area contributed by atoms with Crippen LogP contribution >= 0.6 is 0 Å². The van der Waals surface area contributed by atoms with Crippen molar-refractivity contribution in [3.05, 3.63) is 69.8 Å². The van der Waals surface area contributed by atoms with Gasteiger partial charge in [-0.2, -0.15) is 4.98 Å². The van der Waals surface area contributed by atoms with Gasteiger partial charge in [0.25, 0.3) is 5.56 Å². The first-order chi connectivity index (χ1) is 17.5. The molecule has 194 valence electrons. The van der Waals surface area contributed by atoms with Gasteiger partial charge in [0.1, 0.15) is 12.1 Å². The summed E-state index contributed by atoms with van der Waals surface area (Å²) in [6.07, 6.45) is 2.51. The highest BCUT2D eigenvalue weighted by molar-refractivity contribution is 5.77. The third kappa shape index (κ3) is 4.41. The molecule has 0 atom stereocenters.